The average molecular weight is 243 g/mol. The van der Waals surface area contributed by atoms with Crippen LogP contribution in [0.1, 0.15) is 23.2 Å². The monoisotopic (exact) mass is 243 g/mol. The topological polar surface area (TPSA) is 53.1 Å². The Hall–Kier alpha value is -1.44. The Morgan fingerprint density at radius 1 is 1.38 bits per heavy atom. The second-order valence-corrected chi connectivity index (χ2v) is 2.90. The molecule has 0 saturated carbocycles. The third-order valence-electron chi connectivity index (χ3n) is 1.83. The molecule has 0 bridgehead atoms. The quantitative estimate of drug-likeness (QED) is 0.778. The zero-order chi connectivity index (χ0) is 12.5. The Bertz CT molecular complexity index is 437. The predicted molar refractivity (Wildman–Crippen MR) is 42.9 cm³/mol. The molecule has 0 radical (unpaired) electrons. The largest absolute Gasteiger partial charge is 0.418 e. The molecule has 0 spiro atoms. The fourth-order valence-electron chi connectivity index (χ4n) is 1.26. The first-order valence-electron chi connectivity index (χ1n) is 3.99. The number of pyridine rings is 1. The number of H-pyrrole nitrogens is 1. The van der Waals surface area contributed by atoms with Crippen molar-refractivity contribution in [2.45, 2.75) is 19.2 Å². The molecular weight excluding hydrogens is 237 g/mol. The Labute approximate surface area is 85.5 Å². The van der Waals surface area contributed by atoms with Crippen molar-refractivity contribution >= 4 is 0 Å². The van der Waals surface area contributed by atoms with E-state index in [1.807, 2.05) is 0 Å². The number of aliphatic hydroxyl groups is 1. The molecule has 0 aromatic carbocycles. The number of aromatic nitrogens is 1. The van der Waals surface area contributed by atoms with Crippen molar-refractivity contribution in [2.75, 3.05) is 0 Å². The summed E-state index contributed by atoms with van der Waals surface area (Å²) in [6, 6.07) is 0.439. The van der Waals surface area contributed by atoms with E-state index in [-0.39, 0.29) is 0 Å². The normalized spacial score (nSPS) is 12.2. The number of nitrogens with one attached hydrogen (secondary N) is 1. The zero-order valence-corrected chi connectivity index (χ0v) is 7.61. The van der Waals surface area contributed by atoms with Crippen LogP contribution in [0.15, 0.2) is 10.9 Å². The lowest BCUT2D eigenvalue weighted by atomic mass is 10.1. The lowest BCUT2D eigenvalue weighted by Crippen LogP contribution is -2.20. The van der Waals surface area contributed by atoms with E-state index in [9.17, 15) is 26.7 Å². The van der Waals surface area contributed by atoms with Gasteiger partial charge in [0.05, 0.1) is 17.9 Å². The first-order chi connectivity index (χ1) is 7.27. The van der Waals surface area contributed by atoms with Crippen molar-refractivity contribution in [2.24, 2.45) is 0 Å². The average Bonchev–Trinajstić information content (AvgIpc) is 2.14. The SMILES string of the molecule is O=c1cc(CO)c(C(F)(F)F)c(C(F)F)[nH]1. The van der Waals surface area contributed by atoms with Gasteiger partial charge < -0.3 is 10.1 Å². The predicted octanol–water partition coefficient (Wildman–Crippen LogP) is 1.82. The van der Waals surface area contributed by atoms with Gasteiger partial charge in [-0.3, -0.25) is 4.79 Å². The minimum atomic E-state index is -5.06. The number of aromatic amines is 1. The highest BCUT2D eigenvalue weighted by molar-refractivity contribution is 5.33. The maximum atomic E-state index is 12.4. The lowest BCUT2D eigenvalue weighted by molar-refractivity contribution is -0.141. The van der Waals surface area contributed by atoms with Gasteiger partial charge in [-0.15, -0.1) is 0 Å². The van der Waals surface area contributed by atoms with Gasteiger partial charge in [0.2, 0.25) is 5.56 Å². The summed E-state index contributed by atoms with van der Waals surface area (Å²) in [6.07, 6.45) is -8.54. The highest BCUT2D eigenvalue weighted by Crippen LogP contribution is 2.36. The molecule has 0 atom stereocenters. The third-order valence-corrected chi connectivity index (χ3v) is 1.83. The molecule has 0 unspecified atom stereocenters. The van der Waals surface area contributed by atoms with Gasteiger partial charge in [0.25, 0.3) is 6.43 Å². The van der Waals surface area contributed by atoms with Crippen LogP contribution in [0.5, 0.6) is 0 Å². The van der Waals surface area contributed by atoms with Crippen molar-refractivity contribution < 1.29 is 27.1 Å². The molecular formula is C8H6F5NO2. The molecule has 0 saturated heterocycles. The summed E-state index contributed by atoms with van der Waals surface area (Å²) >= 11 is 0. The van der Waals surface area contributed by atoms with Crippen molar-refractivity contribution in [3.05, 3.63) is 33.2 Å². The van der Waals surface area contributed by atoms with Crippen LogP contribution in [-0.4, -0.2) is 10.1 Å². The Balaban J connectivity index is 3.58. The maximum Gasteiger partial charge on any atom is 0.418 e. The molecule has 90 valence electrons. The molecule has 0 aliphatic rings. The van der Waals surface area contributed by atoms with Gasteiger partial charge in [0.15, 0.2) is 0 Å². The van der Waals surface area contributed by atoms with E-state index < -0.39 is 41.6 Å². The Morgan fingerprint density at radius 2 is 1.94 bits per heavy atom. The van der Waals surface area contributed by atoms with Crippen LogP contribution in [0.4, 0.5) is 22.0 Å². The highest BCUT2D eigenvalue weighted by atomic mass is 19.4. The van der Waals surface area contributed by atoms with Crippen LogP contribution >= 0.6 is 0 Å². The van der Waals surface area contributed by atoms with E-state index in [1.165, 1.54) is 4.98 Å². The molecule has 1 heterocycles. The standard InChI is InChI=1S/C8H6F5NO2/c9-7(10)6-5(8(11,12)13)3(2-15)1-4(16)14-6/h1,7,15H,2H2,(H,14,16). The molecule has 1 aromatic heterocycles. The van der Waals surface area contributed by atoms with E-state index in [0.29, 0.717) is 6.07 Å². The van der Waals surface area contributed by atoms with Crippen LogP contribution in [-0.2, 0) is 12.8 Å². The summed E-state index contributed by atoms with van der Waals surface area (Å²) in [6.45, 7) is -1.14. The molecule has 1 aromatic rings. The first kappa shape index (κ1) is 12.6. The van der Waals surface area contributed by atoms with Gasteiger partial charge in [0, 0.05) is 6.07 Å². The summed E-state index contributed by atoms with van der Waals surface area (Å²) in [7, 11) is 0. The van der Waals surface area contributed by atoms with E-state index in [1.54, 1.807) is 0 Å². The van der Waals surface area contributed by atoms with Crippen LogP contribution in [0.2, 0.25) is 0 Å². The summed E-state index contributed by atoms with van der Waals surface area (Å²) in [4.78, 5) is 12.2. The van der Waals surface area contributed by atoms with Gasteiger partial charge in [-0.1, -0.05) is 0 Å². The highest BCUT2D eigenvalue weighted by Gasteiger charge is 2.39. The minimum Gasteiger partial charge on any atom is -0.392 e. The van der Waals surface area contributed by atoms with E-state index >= 15 is 0 Å². The number of alkyl halides is 5. The van der Waals surface area contributed by atoms with Gasteiger partial charge >= 0.3 is 6.18 Å². The van der Waals surface area contributed by atoms with E-state index in [2.05, 4.69) is 0 Å². The van der Waals surface area contributed by atoms with Crippen LogP contribution in [0.25, 0.3) is 0 Å². The summed E-state index contributed by atoms with van der Waals surface area (Å²) in [5, 5.41) is 8.61. The molecule has 3 nitrogen and oxygen atoms in total. The van der Waals surface area contributed by atoms with Crippen LogP contribution in [0, 0.1) is 0 Å². The fourth-order valence-corrected chi connectivity index (χ4v) is 1.26. The maximum absolute atomic E-state index is 12.4. The molecule has 0 fully saturated rings. The molecule has 0 amide bonds. The summed E-state index contributed by atoms with van der Waals surface area (Å²) in [5.41, 5.74) is -5.20. The van der Waals surface area contributed by atoms with Crippen molar-refractivity contribution in [3.63, 3.8) is 0 Å². The molecule has 0 aliphatic heterocycles. The smallest absolute Gasteiger partial charge is 0.392 e. The second kappa shape index (κ2) is 4.20. The summed E-state index contributed by atoms with van der Waals surface area (Å²) < 4.78 is 61.9. The molecule has 8 heteroatoms. The van der Waals surface area contributed by atoms with Gasteiger partial charge in [-0.25, -0.2) is 8.78 Å². The van der Waals surface area contributed by atoms with Gasteiger partial charge in [-0.05, 0) is 5.56 Å². The summed E-state index contributed by atoms with van der Waals surface area (Å²) in [5.74, 6) is 0. The van der Waals surface area contributed by atoms with Gasteiger partial charge in [0.1, 0.15) is 0 Å². The molecule has 0 aliphatic carbocycles. The Kier molecular flexibility index (Phi) is 3.32. The van der Waals surface area contributed by atoms with E-state index in [0.717, 1.165) is 0 Å². The fraction of sp³-hybridized carbons (Fsp3) is 0.375. The van der Waals surface area contributed by atoms with Gasteiger partial charge in [-0.2, -0.15) is 13.2 Å². The number of aliphatic hydroxyl groups excluding tert-OH is 1. The van der Waals surface area contributed by atoms with E-state index in [4.69, 9.17) is 5.11 Å². The number of hydrogen-bond donors (Lipinski definition) is 2. The number of hydrogen-bond acceptors (Lipinski definition) is 2. The lowest BCUT2D eigenvalue weighted by Gasteiger charge is -2.15. The third kappa shape index (κ3) is 2.38. The second-order valence-electron chi connectivity index (χ2n) is 2.90. The zero-order valence-electron chi connectivity index (χ0n) is 7.61. The van der Waals surface area contributed by atoms with Crippen molar-refractivity contribution in [3.8, 4) is 0 Å². The minimum absolute atomic E-state index is 0.439. The van der Waals surface area contributed by atoms with Crippen LogP contribution < -0.4 is 5.56 Å². The van der Waals surface area contributed by atoms with Crippen molar-refractivity contribution in [1.29, 1.82) is 0 Å². The van der Waals surface area contributed by atoms with Crippen LogP contribution in [0.3, 0.4) is 0 Å². The number of rotatable bonds is 2. The first-order valence-corrected chi connectivity index (χ1v) is 3.99. The molecule has 16 heavy (non-hydrogen) atoms. The Morgan fingerprint density at radius 3 is 2.31 bits per heavy atom. The number of halogens is 5. The van der Waals surface area contributed by atoms with Crippen molar-refractivity contribution in [1.82, 2.24) is 4.98 Å². The molecule has 1 rings (SSSR count). The molecule has 2 N–H and O–H groups in total.